The first-order valence-corrected chi connectivity index (χ1v) is 11.8. The number of hydrogen-bond donors (Lipinski definition) is 3. The number of carbonyl (C=O) groups excluding carboxylic acids is 1. The lowest BCUT2D eigenvalue weighted by Gasteiger charge is -2.27. The first-order chi connectivity index (χ1) is 16.2. The number of carbonyl (C=O) groups is 1. The number of hydrogen-bond acceptors (Lipinski definition) is 4. The van der Waals surface area contributed by atoms with Crippen LogP contribution in [0.5, 0.6) is 0 Å². The zero-order chi connectivity index (χ0) is 24.4. The Hall–Kier alpha value is -2.90. The highest BCUT2D eigenvalue weighted by molar-refractivity contribution is 7.81. The third-order valence-electron chi connectivity index (χ3n) is 6.19. The van der Waals surface area contributed by atoms with E-state index in [0.717, 1.165) is 11.8 Å². The minimum absolute atomic E-state index is 0.0228. The van der Waals surface area contributed by atoms with Gasteiger partial charge in [0.25, 0.3) is 0 Å². The van der Waals surface area contributed by atoms with Crippen LogP contribution < -0.4 is 15.5 Å². The molecule has 0 heterocycles. The van der Waals surface area contributed by atoms with Gasteiger partial charge in [0.15, 0.2) is 0 Å². The second-order valence-corrected chi connectivity index (χ2v) is 9.61. The van der Waals surface area contributed by atoms with E-state index in [1.54, 1.807) is 0 Å². The van der Waals surface area contributed by atoms with Crippen LogP contribution in [0.2, 0.25) is 0 Å². The molecule has 2 N–H and O–H groups in total. The zero-order valence-electron chi connectivity index (χ0n) is 19.5. The van der Waals surface area contributed by atoms with Gasteiger partial charge >= 0.3 is 0 Å². The first-order valence-electron chi connectivity index (χ1n) is 11.3. The molecule has 1 aliphatic rings. The summed E-state index contributed by atoms with van der Waals surface area (Å²) in [7, 11) is 4.03. The maximum Gasteiger partial charge on any atom is 0.217 e. The number of rotatable bonds is 8. The van der Waals surface area contributed by atoms with Crippen molar-refractivity contribution in [2.75, 3.05) is 25.5 Å². The predicted octanol–water partition coefficient (Wildman–Crippen LogP) is 4.74. The minimum Gasteiger partial charge on any atom is -0.378 e. The molecule has 0 fully saturated rings. The Morgan fingerprint density at radius 1 is 1.00 bits per heavy atom. The van der Waals surface area contributed by atoms with Crippen molar-refractivity contribution in [2.24, 2.45) is 0 Å². The largest absolute Gasteiger partial charge is 0.378 e. The average molecular weight is 482 g/mol. The van der Waals surface area contributed by atoms with E-state index in [-0.39, 0.29) is 23.6 Å². The van der Waals surface area contributed by atoms with E-state index in [0.29, 0.717) is 12.1 Å². The molecule has 0 radical (unpaired) electrons. The van der Waals surface area contributed by atoms with Crippen LogP contribution >= 0.6 is 12.6 Å². The number of halogens is 2. The molecule has 1 unspecified atom stereocenters. The molecule has 3 aromatic carbocycles. The van der Waals surface area contributed by atoms with Crippen LogP contribution in [0.25, 0.3) is 11.1 Å². The summed E-state index contributed by atoms with van der Waals surface area (Å²) in [5.74, 6) is -1.49. The highest BCUT2D eigenvalue weighted by Gasteiger charge is 2.30. The fourth-order valence-corrected chi connectivity index (χ4v) is 4.89. The van der Waals surface area contributed by atoms with E-state index in [1.807, 2.05) is 26.2 Å². The molecular weight excluding hydrogens is 452 g/mol. The lowest BCUT2D eigenvalue weighted by Crippen LogP contribution is -2.46. The van der Waals surface area contributed by atoms with Crippen molar-refractivity contribution < 1.29 is 13.6 Å². The maximum atomic E-state index is 13.7. The van der Waals surface area contributed by atoms with Crippen molar-refractivity contribution >= 4 is 24.2 Å². The normalized spacial score (nSPS) is 15.9. The molecule has 0 spiro atoms. The maximum absolute atomic E-state index is 13.7. The average Bonchev–Trinajstić information content (AvgIpc) is 3.09. The van der Waals surface area contributed by atoms with Gasteiger partial charge < -0.3 is 15.5 Å². The Morgan fingerprint density at radius 3 is 2.35 bits per heavy atom. The van der Waals surface area contributed by atoms with Gasteiger partial charge in [-0.3, -0.25) is 4.79 Å². The lowest BCUT2D eigenvalue weighted by atomic mass is 10.0. The predicted molar refractivity (Wildman–Crippen MR) is 136 cm³/mol. The molecule has 4 rings (SSSR count). The van der Waals surface area contributed by atoms with E-state index < -0.39 is 17.7 Å². The van der Waals surface area contributed by atoms with E-state index in [4.69, 9.17) is 12.6 Å². The minimum atomic E-state index is -0.638. The van der Waals surface area contributed by atoms with Gasteiger partial charge in [0.05, 0.1) is 6.04 Å². The highest BCUT2D eigenvalue weighted by Crippen LogP contribution is 2.44. The van der Waals surface area contributed by atoms with Gasteiger partial charge in [-0.25, -0.2) is 8.78 Å². The molecular formula is C27H29F2N3OS. The summed E-state index contributed by atoms with van der Waals surface area (Å²) in [5, 5.41) is 6.24. The van der Waals surface area contributed by atoms with Gasteiger partial charge in [-0.2, -0.15) is 12.6 Å². The topological polar surface area (TPSA) is 44.4 Å². The number of benzene rings is 3. The fourth-order valence-electron chi connectivity index (χ4n) is 4.60. The summed E-state index contributed by atoms with van der Waals surface area (Å²) in [6, 6.07) is 17.8. The molecule has 4 nitrogen and oxygen atoms in total. The van der Waals surface area contributed by atoms with Crippen LogP contribution in [0.1, 0.15) is 29.7 Å². The third-order valence-corrected chi connectivity index (χ3v) is 6.73. The Balaban J connectivity index is 1.56. The molecule has 1 aliphatic carbocycles. The summed E-state index contributed by atoms with van der Waals surface area (Å²) in [5.41, 5.74) is 6.37. The van der Waals surface area contributed by atoms with Crippen molar-refractivity contribution in [1.82, 2.24) is 10.6 Å². The first kappa shape index (κ1) is 24.2. The Bertz CT molecular complexity index is 1180. The van der Waals surface area contributed by atoms with Crippen LogP contribution in [0, 0.1) is 11.6 Å². The monoisotopic (exact) mass is 481 g/mol. The van der Waals surface area contributed by atoms with Crippen LogP contribution in [0.4, 0.5) is 14.5 Å². The van der Waals surface area contributed by atoms with Crippen molar-refractivity contribution in [1.29, 1.82) is 0 Å². The molecule has 0 saturated heterocycles. The van der Waals surface area contributed by atoms with E-state index >= 15 is 0 Å². The second kappa shape index (κ2) is 10.2. The van der Waals surface area contributed by atoms with Crippen molar-refractivity contribution in [3.63, 3.8) is 0 Å². The van der Waals surface area contributed by atoms with Gasteiger partial charge in [0.2, 0.25) is 5.91 Å². The standard InChI is InChI=1S/C27H29F2N3OS/c1-16(33)31-25(12-17-10-18(28)13-19(29)11-17)26(34)15-30-27-23-7-5-4-6-21(23)22-9-8-20(32(2)3)14-24(22)27/h4-11,13-14,25-27,30,34H,12,15H2,1-3H3,(H,31,33)/t25-,26-,27?/m0/s1. The number of fused-ring (bicyclic) bond motifs is 3. The summed E-state index contributed by atoms with van der Waals surface area (Å²) in [6.45, 7) is 1.91. The Kier molecular flexibility index (Phi) is 7.24. The molecule has 178 valence electrons. The number of thiol groups is 1. The SMILES string of the molecule is CC(=O)N[C@@H](Cc1cc(F)cc(F)c1)[C@@H](S)CNC1c2ccccc2-c2ccc(N(C)C)cc21. The summed E-state index contributed by atoms with van der Waals surface area (Å²) < 4.78 is 27.4. The molecule has 0 aliphatic heterocycles. The van der Waals surface area contributed by atoms with Crippen LogP contribution in [-0.2, 0) is 11.2 Å². The molecule has 3 atom stereocenters. The second-order valence-electron chi connectivity index (χ2n) is 8.95. The van der Waals surface area contributed by atoms with Crippen molar-refractivity contribution in [3.05, 3.63) is 89.0 Å². The quantitative estimate of drug-likeness (QED) is 0.408. The van der Waals surface area contributed by atoms with E-state index in [2.05, 4.69) is 45.9 Å². The van der Waals surface area contributed by atoms with Crippen LogP contribution in [0.3, 0.4) is 0 Å². The van der Waals surface area contributed by atoms with E-state index in [9.17, 15) is 13.6 Å². The van der Waals surface area contributed by atoms with Crippen molar-refractivity contribution in [2.45, 2.75) is 30.7 Å². The molecule has 7 heteroatoms. The summed E-state index contributed by atoms with van der Waals surface area (Å²) in [4.78, 5) is 13.9. The van der Waals surface area contributed by atoms with Gasteiger partial charge in [-0.05, 0) is 58.5 Å². The summed E-state index contributed by atoms with van der Waals surface area (Å²) in [6.07, 6.45) is 0.271. The van der Waals surface area contributed by atoms with E-state index in [1.165, 1.54) is 41.3 Å². The third kappa shape index (κ3) is 5.26. The lowest BCUT2D eigenvalue weighted by molar-refractivity contribution is -0.119. The molecule has 3 aromatic rings. The van der Waals surface area contributed by atoms with Gasteiger partial charge in [-0.15, -0.1) is 0 Å². The molecule has 0 bridgehead atoms. The Labute approximate surface area is 204 Å². The molecule has 0 saturated carbocycles. The van der Waals surface area contributed by atoms with Gasteiger partial charge in [0, 0.05) is 50.6 Å². The molecule has 34 heavy (non-hydrogen) atoms. The zero-order valence-corrected chi connectivity index (χ0v) is 20.4. The van der Waals surface area contributed by atoms with Crippen LogP contribution in [-0.4, -0.2) is 37.8 Å². The Morgan fingerprint density at radius 2 is 1.68 bits per heavy atom. The highest BCUT2D eigenvalue weighted by atomic mass is 32.1. The molecule has 1 amide bonds. The van der Waals surface area contributed by atoms with Gasteiger partial charge in [0.1, 0.15) is 11.6 Å². The number of nitrogens with one attached hydrogen (secondary N) is 2. The number of amides is 1. The fraction of sp³-hybridized carbons (Fsp3) is 0.296. The number of nitrogens with zero attached hydrogens (tertiary/aromatic N) is 1. The number of anilines is 1. The smallest absolute Gasteiger partial charge is 0.217 e. The van der Waals surface area contributed by atoms with Gasteiger partial charge in [-0.1, -0.05) is 30.3 Å². The van der Waals surface area contributed by atoms with Crippen LogP contribution in [0.15, 0.2) is 60.7 Å². The van der Waals surface area contributed by atoms with Crippen molar-refractivity contribution in [3.8, 4) is 11.1 Å². The summed E-state index contributed by atoms with van der Waals surface area (Å²) >= 11 is 4.77. The molecule has 0 aromatic heterocycles.